The van der Waals surface area contributed by atoms with E-state index in [0.717, 1.165) is 10.1 Å². The molecule has 0 bridgehead atoms. The number of allylic oxidation sites excluding steroid dienone is 4. The Morgan fingerprint density at radius 2 is 2.00 bits per heavy atom. The second kappa shape index (κ2) is 3.77. The van der Waals surface area contributed by atoms with Crippen molar-refractivity contribution in [2.24, 2.45) is 0 Å². The van der Waals surface area contributed by atoms with Gasteiger partial charge in [-0.05, 0) is 27.2 Å². The maximum Gasteiger partial charge on any atom is 0.266 e. The third-order valence-electron chi connectivity index (χ3n) is 2.33. The second-order valence-electron chi connectivity index (χ2n) is 3.70. The van der Waals surface area contributed by atoms with Gasteiger partial charge in [0.05, 0.1) is 4.92 Å². The molecule has 0 aromatic heterocycles. The highest BCUT2D eigenvalue weighted by molar-refractivity contribution is 9.12. The Hall–Kier alpha value is -0.160. The summed E-state index contributed by atoms with van der Waals surface area (Å²) in [5, 5.41) is 10.9. The summed E-state index contributed by atoms with van der Waals surface area (Å²) in [6.07, 6.45) is 0.654. The molecule has 0 saturated carbocycles. The smallest absolute Gasteiger partial charge is 0.259 e. The molecular weight excluding hydrogens is 314 g/mol. The summed E-state index contributed by atoms with van der Waals surface area (Å²) in [6, 6.07) is 0. The van der Waals surface area contributed by atoms with Crippen molar-refractivity contribution in [1.82, 2.24) is 0 Å². The standard InChI is InChI=1S/C9H11Br2NO2/c1-5-4-9(3,11)8(12(13)14)6(2)7(5)10/h4H2,1-3H3. The molecule has 1 rings (SSSR count). The molecule has 0 heterocycles. The van der Waals surface area contributed by atoms with Crippen molar-refractivity contribution in [2.45, 2.75) is 31.5 Å². The quantitative estimate of drug-likeness (QED) is 0.418. The monoisotopic (exact) mass is 323 g/mol. The fourth-order valence-electron chi connectivity index (χ4n) is 1.80. The first-order valence-corrected chi connectivity index (χ1v) is 5.76. The Morgan fingerprint density at radius 1 is 1.50 bits per heavy atom. The van der Waals surface area contributed by atoms with Crippen molar-refractivity contribution in [3.63, 3.8) is 0 Å². The summed E-state index contributed by atoms with van der Waals surface area (Å²) in [5.74, 6) is 0. The highest BCUT2D eigenvalue weighted by Crippen LogP contribution is 2.44. The van der Waals surface area contributed by atoms with E-state index in [4.69, 9.17) is 0 Å². The SMILES string of the molecule is CC1=C(Br)C(C)=C([N+](=O)[O-])C(C)(Br)C1. The van der Waals surface area contributed by atoms with Crippen LogP contribution in [-0.4, -0.2) is 9.25 Å². The molecule has 3 nitrogen and oxygen atoms in total. The average Bonchev–Trinajstić information content (AvgIpc) is 1.98. The van der Waals surface area contributed by atoms with Gasteiger partial charge in [-0.2, -0.15) is 0 Å². The van der Waals surface area contributed by atoms with Crippen LogP contribution in [0.25, 0.3) is 0 Å². The predicted molar refractivity (Wildman–Crippen MR) is 63.3 cm³/mol. The minimum absolute atomic E-state index is 0.245. The number of hydrogen-bond donors (Lipinski definition) is 0. The summed E-state index contributed by atoms with van der Waals surface area (Å²) in [4.78, 5) is 10.6. The van der Waals surface area contributed by atoms with Crippen LogP contribution in [0.5, 0.6) is 0 Å². The lowest BCUT2D eigenvalue weighted by Crippen LogP contribution is -2.29. The van der Waals surface area contributed by atoms with E-state index < -0.39 is 4.32 Å². The van der Waals surface area contributed by atoms with Crippen LogP contribution in [0.4, 0.5) is 0 Å². The molecule has 0 saturated heterocycles. The zero-order valence-corrected chi connectivity index (χ0v) is 11.4. The van der Waals surface area contributed by atoms with Gasteiger partial charge in [-0.1, -0.05) is 37.4 Å². The number of halogens is 2. The van der Waals surface area contributed by atoms with E-state index in [1.54, 1.807) is 6.92 Å². The van der Waals surface area contributed by atoms with Crippen molar-refractivity contribution in [3.05, 3.63) is 31.4 Å². The van der Waals surface area contributed by atoms with Gasteiger partial charge in [0.2, 0.25) is 0 Å². The minimum atomic E-state index is -0.554. The fraction of sp³-hybridized carbons (Fsp3) is 0.556. The average molecular weight is 325 g/mol. The lowest BCUT2D eigenvalue weighted by Gasteiger charge is -2.26. The Bertz CT molecular complexity index is 356. The summed E-state index contributed by atoms with van der Waals surface area (Å²) in [7, 11) is 0. The normalized spacial score (nSPS) is 28.4. The first-order valence-electron chi connectivity index (χ1n) is 4.17. The molecule has 1 unspecified atom stereocenters. The van der Waals surface area contributed by atoms with Crippen LogP contribution >= 0.6 is 31.9 Å². The van der Waals surface area contributed by atoms with Gasteiger partial charge in [-0.15, -0.1) is 0 Å². The molecule has 1 aliphatic carbocycles. The first kappa shape index (κ1) is 11.9. The van der Waals surface area contributed by atoms with Crippen LogP contribution in [0.15, 0.2) is 21.3 Å². The molecule has 0 N–H and O–H groups in total. The van der Waals surface area contributed by atoms with Crippen LogP contribution < -0.4 is 0 Å². The molecule has 0 radical (unpaired) electrons. The van der Waals surface area contributed by atoms with Crippen molar-refractivity contribution >= 4 is 31.9 Å². The van der Waals surface area contributed by atoms with Crippen LogP contribution in [0.3, 0.4) is 0 Å². The molecule has 0 fully saturated rings. The minimum Gasteiger partial charge on any atom is -0.259 e. The van der Waals surface area contributed by atoms with Crippen LogP contribution in [0.1, 0.15) is 27.2 Å². The number of nitro groups is 1. The Labute approximate surface area is 99.7 Å². The van der Waals surface area contributed by atoms with Crippen molar-refractivity contribution < 1.29 is 4.92 Å². The molecule has 0 aromatic rings. The largest absolute Gasteiger partial charge is 0.266 e. The number of rotatable bonds is 1. The van der Waals surface area contributed by atoms with E-state index in [1.165, 1.54) is 0 Å². The van der Waals surface area contributed by atoms with Crippen molar-refractivity contribution in [3.8, 4) is 0 Å². The number of nitrogens with zero attached hydrogens (tertiary/aromatic N) is 1. The zero-order valence-electron chi connectivity index (χ0n) is 8.23. The van der Waals surface area contributed by atoms with Gasteiger partial charge in [0.25, 0.3) is 5.70 Å². The lowest BCUT2D eigenvalue weighted by atomic mass is 9.89. The lowest BCUT2D eigenvalue weighted by molar-refractivity contribution is -0.431. The third-order valence-corrected chi connectivity index (χ3v) is 4.26. The molecule has 0 aliphatic heterocycles. The molecule has 14 heavy (non-hydrogen) atoms. The van der Waals surface area contributed by atoms with E-state index in [0.29, 0.717) is 12.0 Å². The molecule has 0 spiro atoms. The maximum atomic E-state index is 10.9. The zero-order chi connectivity index (χ0) is 11.1. The van der Waals surface area contributed by atoms with E-state index in [9.17, 15) is 10.1 Å². The van der Waals surface area contributed by atoms with Gasteiger partial charge in [-0.3, -0.25) is 10.1 Å². The van der Waals surface area contributed by atoms with Crippen LogP contribution in [0.2, 0.25) is 0 Å². The topological polar surface area (TPSA) is 43.1 Å². The van der Waals surface area contributed by atoms with Gasteiger partial charge >= 0.3 is 0 Å². The highest BCUT2D eigenvalue weighted by atomic mass is 79.9. The van der Waals surface area contributed by atoms with Gasteiger partial charge in [0, 0.05) is 10.1 Å². The van der Waals surface area contributed by atoms with Crippen molar-refractivity contribution in [1.29, 1.82) is 0 Å². The first-order chi connectivity index (χ1) is 6.27. The molecule has 78 valence electrons. The van der Waals surface area contributed by atoms with E-state index in [2.05, 4.69) is 31.9 Å². The van der Waals surface area contributed by atoms with Crippen LogP contribution in [0, 0.1) is 10.1 Å². The van der Waals surface area contributed by atoms with Gasteiger partial charge in [0.1, 0.15) is 4.32 Å². The molecule has 0 amide bonds. The van der Waals surface area contributed by atoms with E-state index >= 15 is 0 Å². The van der Waals surface area contributed by atoms with Crippen LogP contribution in [-0.2, 0) is 0 Å². The van der Waals surface area contributed by atoms with E-state index in [-0.39, 0.29) is 10.6 Å². The predicted octanol–water partition coefficient (Wildman–Crippen LogP) is 3.76. The van der Waals surface area contributed by atoms with E-state index in [1.807, 2.05) is 13.8 Å². The molecular formula is C9H11Br2NO2. The molecule has 5 heteroatoms. The molecule has 1 aliphatic rings. The molecule has 1 atom stereocenters. The number of hydrogen-bond acceptors (Lipinski definition) is 2. The maximum absolute atomic E-state index is 10.9. The Balaban J connectivity index is 3.37. The molecule has 0 aromatic carbocycles. The third kappa shape index (κ3) is 1.93. The summed E-state index contributed by atoms with van der Waals surface area (Å²) >= 11 is 6.79. The Morgan fingerprint density at radius 3 is 2.43 bits per heavy atom. The summed E-state index contributed by atoms with van der Waals surface area (Å²) < 4.78 is 0.309. The van der Waals surface area contributed by atoms with Gasteiger partial charge in [0.15, 0.2) is 0 Å². The van der Waals surface area contributed by atoms with Gasteiger partial charge < -0.3 is 0 Å². The van der Waals surface area contributed by atoms with Gasteiger partial charge in [-0.25, -0.2) is 0 Å². The number of alkyl halides is 1. The fourth-order valence-corrected chi connectivity index (χ4v) is 2.99. The summed E-state index contributed by atoms with van der Waals surface area (Å²) in [5.41, 5.74) is 2.08. The highest BCUT2D eigenvalue weighted by Gasteiger charge is 2.41. The summed E-state index contributed by atoms with van der Waals surface area (Å²) in [6.45, 7) is 5.58. The van der Waals surface area contributed by atoms with Crippen molar-refractivity contribution in [2.75, 3.05) is 0 Å². The second-order valence-corrected chi connectivity index (χ2v) is 6.24. The Kier molecular flexibility index (Phi) is 3.21.